The summed E-state index contributed by atoms with van der Waals surface area (Å²) in [5, 5.41) is 3.07. The van der Waals surface area contributed by atoms with Gasteiger partial charge in [0.05, 0.1) is 12.7 Å². The molecule has 4 rings (SSSR count). The van der Waals surface area contributed by atoms with E-state index in [1.807, 2.05) is 41.3 Å². The third-order valence-corrected chi connectivity index (χ3v) is 6.92. The number of nitrogens with one attached hydrogen (secondary N) is 1. The van der Waals surface area contributed by atoms with Crippen LogP contribution in [0.3, 0.4) is 0 Å². The molecule has 1 aliphatic carbocycles. The second-order valence-corrected chi connectivity index (χ2v) is 8.95. The summed E-state index contributed by atoms with van der Waals surface area (Å²) in [6.07, 6.45) is 10.9. The summed E-state index contributed by atoms with van der Waals surface area (Å²) in [5.74, 6) is 3.90. The van der Waals surface area contributed by atoms with Crippen molar-refractivity contribution < 1.29 is 19.1 Å². The van der Waals surface area contributed by atoms with Gasteiger partial charge in [-0.1, -0.05) is 43.0 Å². The molecule has 1 saturated carbocycles. The molecule has 1 N–H and O–H groups in total. The summed E-state index contributed by atoms with van der Waals surface area (Å²) in [6, 6.07) is 14.6. The Hall–Kier alpha value is -3.46. The van der Waals surface area contributed by atoms with Crippen LogP contribution in [0.5, 0.6) is 11.5 Å². The number of rotatable bonds is 8. The lowest BCUT2D eigenvalue weighted by atomic mass is 9.84. The number of fused-ring (bicyclic) bond motifs is 1. The quantitative estimate of drug-likeness (QED) is 0.608. The summed E-state index contributed by atoms with van der Waals surface area (Å²) in [4.78, 5) is 28.8. The molecule has 34 heavy (non-hydrogen) atoms. The molecule has 178 valence electrons. The zero-order valence-electron chi connectivity index (χ0n) is 19.7. The van der Waals surface area contributed by atoms with Gasteiger partial charge in [0.1, 0.15) is 24.1 Å². The van der Waals surface area contributed by atoms with Crippen LogP contribution in [0.2, 0.25) is 0 Å². The van der Waals surface area contributed by atoms with E-state index in [0.29, 0.717) is 30.2 Å². The molecular formula is C28H32N2O4. The first-order valence-corrected chi connectivity index (χ1v) is 12.0. The molecule has 2 fully saturated rings. The maximum absolute atomic E-state index is 13.6. The van der Waals surface area contributed by atoms with Crippen LogP contribution in [0.4, 0.5) is 0 Å². The molecule has 6 heteroatoms. The number of methoxy groups -OCH3 is 1. The van der Waals surface area contributed by atoms with Crippen LogP contribution in [-0.4, -0.2) is 49.1 Å². The van der Waals surface area contributed by atoms with Crippen LogP contribution in [0, 0.1) is 18.3 Å². The first-order valence-electron chi connectivity index (χ1n) is 12.0. The van der Waals surface area contributed by atoms with Gasteiger partial charge in [0.15, 0.2) is 0 Å². The first-order chi connectivity index (χ1) is 16.6. The largest absolute Gasteiger partial charge is 0.496 e. The van der Waals surface area contributed by atoms with E-state index in [1.54, 1.807) is 19.2 Å². The van der Waals surface area contributed by atoms with Crippen molar-refractivity contribution in [2.24, 2.45) is 5.92 Å². The smallest absolute Gasteiger partial charge is 0.258 e. The lowest BCUT2D eigenvalue weighted by Crippen LogP contribution is -2.50. The van der Waals surface area contributed by atoms with Crippen molar-refractivity contribution in [2.45, 2.75) is 50.6 Å². The van der Waals surface area contributed by atoms with Gasteiger partial charge in [-0.3, -0.25) is 9.59 Å². The molecule has 1 heterocycles. The average Bonchev–Trinajstić information content (AvgIpc) is 3.27. The second-order valence-electron chi connectivity index (χ2n) is 8.95. The molecule has 0 bridgehead atoms. The van der Waals surface area contributed by atoms with Gasteiger partial charge in [0.25, 0.3) is 5.91 Å². The number of carbonyl (C=O) groups is 2. The summed E-state index contributed by atoms with van der Waals surface area (Å²) in [5.41, 5.74) is 1.61. The molecule has 2 aromatic carbocycles. The van der Waals surface area contributed by atoms with E-state index in [1.165, 1.54) is 0 Å². The third-order valence-electron chi connectivity index (χ3n) is 6.92. The van der Waals surface area contributed by atoms with E-state index in [0.717, 1.165) is 43.4 Å². The monoisotopic (exact) mass is 460 g/mol. The first kappa shape index (κ1) is 23.7. The number of carbonyl (C=O) groups excluding carboxylic acids is 2. The van der Waals surface area contributed by atoms with E-state index in [2.05, 4.69) is 11.2 Å². The Morgan fingerprint density at radius 2 is 1.88 bits per heavy atom. The van der Waals surface area contributed by atoms with Crippen molar-refractivity contribution in [3.63, 3.8) is 0 Å². The van der Waals surface area contributed by atoms with Gasteiger partial charge in [-0.25, -0.2) is 0 Å². The number of nitrogens with zero attached hydrogens (tertiary/aromatic N) is 1. The van der Waals surface area contributed by atoms with Gasteiger partial charge in [-0.2, -0.15) is 0 Å². The fraction of sp³-hybridized carbons (Fsp3) is 0.429. The highest BCUT2D eigenvalue weighted by atomic mass is 16.5. The highest BCUT2D eigenvalue weighted by Gasteiger charge is 2.47. The molecule has 1 aliphatic heterocycles. The Kier molecular flexibility index (Phi) is 7.74. The number of likely N-dealkylation sites (tertiary alicyclic amines) is 1. The minimum atomic E-state index is -0.454. The van der Waals surface area contributed by atoms with E-state index in [-0.39, 0.29) is 24.5 Å². The van der Waals surface area contributed by atoms with Gasteiger partial charge in [0, 0.05) is 12.6 Å². The Balaban J connectivity index is 1.42. The Labute approximate surface area is 201 Å². The minimum Gasteiger partial charge on any atom is -0.496 e. The molecule has 0 aromatic heterocycles. The Morgan fingerprint density at radius 3 is 2.65 bits per heavy atom. The van der Waals surface area contributed by atoms with Crippen molar-refractivity contribution in [1.29, 1.82) is 0 Å². The molecular weight excluding hydrogens is 428 g/mol. The SMILES string of the molecule is C#CCOc1ccc(CCNC(=O)C2CC3CCCCC3N2C(=O)c2ccccc2OC)cc1. The highest BCUT2D eigenvalue weighted by molar-refractivity contribution is 6.00. The van der Waals surface area contributed by atoms with Crippen LogP contribution >= 0.6 is 0 Å². The van der Waals surface area contributed by atoms with Crippen molar-refractivity contribution in [3.05, 3.63) is 59.7 Å². The number of hydrogen-bond donors (Lipinski definition) is 1. The maximum atomic E-state index is 13.6. The van der Waals surface area contributed by atoms with Crippen LogP contribution in [0.25, 0.3) is 0 Å². The molecule has 0 radical (unpaired) electrons. The molecule has 6 nitrogen and oxygen atoms in total. The summed E-state index contributed by atoms with van der Waals surface area (Å²) < 4.78 is 10.8. The normalized spacial score (nSPS) is 21.3. The van der Waals surface area contributed by atoms with Gasteiger partial charge in [0.2, 0.25) is 5.91 Å². The van der Waals surface area contributed by atoms with Crippen molar-refractivity contribution >= 4 is 11.8 Å². The lowest BCUT2D eigenvalue weighted by molar-refractivity contribution is -0.125. The fourth-order valence-corrected chi connectivity index (χ4v) is 5.27. The van der Waals surface area contributed by atoms with Gasteiger partial charge < -0.3 is 19.7 Å². The summed E-state index contributed by atoms with van der Waals surface area (Å²) >= 11 is 0. The highest BCUT2D eigenvalue weighted by Crippen LogP contribution is 2.41. The number of amides is 2. The summed E-state index contributed by atoms with van der Waals surface area (Å²) in [7, 11) is 1.57. The molecule has 2 aromatic rings. The number of hydrogen-bond acceptors (Lipinski definition) is 4. The van der Waals surface area contributed by atoms with Crippen LogP contribution in [-0.2, 0) is 11.2 Å². The van der Waals surface area contributed by atoms with Crippen LogP contribution in [0.1, 0.15) is 48.0 Å². The minimum absolute atomic E-state index is 0.0772. The predicted octanol–water partition coefficient (Wildman–Crippen LogP) is 3.84. The number of terminal acetylenes is 1. The standard InChI is InChI=1S/C28H32N2O4/c1-3-18-34-22-14-12-20(13-15-22)16-17-29-27(31)25-19-21-8-4-6-10-24(21)30(25)28(32)23-9-5-7-11-26(23)33-2/h1,5,7,9,11-15,21,24-25H,4,6,8,10,16-19H2,2H3,(H,29,31). The van der Waals surface area contributed by atoms with Gasteiger partial charge in [-0.05, 0) is 61.4 Å². The summed E-state index contributed by atoms with van der Waals surface area (Å²) in [6.45, 7) is 0.745. The molecule has 1 saturated heterocycles. The third kappa shape index (κ3) is 5.20. The molecule has 2 aliphatic rings. The van der Waals surface area contributed by atoms with Crippen molar-refractivity contribution in [3.8, 4) is 23.8 Å². The van der Waals surface area contributed by atoms with Crippen molar-refractivity contribution in [1.82, 2.24) is 10.2 Å². The molecule has 0 spiro atoms. The topological polar surface area (TPSA) is 67.9 Å². The number of benzene rings is 2. The fourth-order valence-electron chi connectivity index (χ4n) is 5.27. The van der Waals surface area contributed by atoms with E-state index >= 15 is 0 Å². The zero-order valence-corrected chi connectivity index (χ0v) is 19.7. The molecule has 2 amide bonds. The van der Waals surface area contributed by atoms with Crippen LogP contribution < -0.4 is 14.8 Å². The number of ether oxygens (including phenoxy) is 2. The zero-order chi connectivity index (χ0) is 23.9. The Bertz CT molecular complexity index is 1040. The Morgan fingerprint density at radius 1 is 1.12 bits per heavy atom. The molecule has 3 unspecified atom stereocenters. The van der Waals surface area contributed by atoms with Crippen LogP contribution in [0.15, 0.2) is 48.5 Å². The average molecular weight is 461 g/mol. The molecule has 3 atom stereocenters. The maximum Gasteiger partial charge on any atom is 0.258 e. The predicted molar refractivity (Wildman–Crippen MR) is 131 cm³/mol. The number of para-hydroxylation sites is 1. The van der Waals surface area contributed by atoms with E-state index < -0.39 is 6.04 Å². The van der Waals surface area contributed by atoms with Gasteiger partial charge in [-0.15, -0.1) is 6.42 Å². The van der Waals surface area contributed by atoms with E-state index in [4.69, 9.17) is 15.9 Å². The lowest BCUT2D eigenvalue weighted by Gasteiger charge is -2.34. The van der Waals surface area contributed by atoms with Gasteiger partial charge >= 0.3 is 0 Å². The van der Waals surface area contributed by atoms with E-state index in [9.17, 15) is 9.59 Å². The van der Waals surface area contributed by atoms with Crippen molar-refractivity contribution in [2.75, 3.05) is 20.3 Å². The second kappa shape index (κ2) is 11.1.